The van der Waals surface area contributed by atoms with Gasteiger partial charge in [-0.05, 0) is 19.9 Å². The van der Waals surface area contributed by atoms with Crippen molar-refractivity contribution >= 4 is 11.5 Å². The van der Waals surface area contributed by atoms with E-state index in [0.29, 0.717) is 5.52 Å². The molecule has 0 N–H and O–H groups in total. The van der Waals surface area contributed by atoms with Gasteiger partial charge in [-0.3, -0.25) is 9.59 Å². The lowest BCUT2D eigenvalue weighted by Gasteiger charge is -2.09. The summed E-state index contributed by atoms with van der Waals surface area (Å²) in [6, 6.07) is 1.60. The molecule has 0 saturated heterocycles. The summed E-state index contributed by atoms with van der Waals surface area (Å²) < 4.78 is 7.75. The summed E-state index contributed by atoms with van der Waals surface area (Å²) in [6.07, 6.45) is 4.49. The van der Waals surface area contributed by atoms with Crippen LogP contribution < -0.4 is 5.56 Å². The zero-order chi connectivity index (χ0) is 12.4. The van der Waals surface area contributed by atoms with Crippen molar-refractivity contribution in [3.8, 4) is 0 Å². The van der Waals surface area contributed by atoms with Crippen molar-refractivity contribution in [2.24, 2.45) is 0 Å². The first kappa shape index (κ1) is 11.4. The largest absolute Gasteiger partial charge is 0.462 e. The lowest BCUT2D eigenvalue weighted by Crippen LogP contribution is -2.27. The normalized spacial score (nSPS) is 11.0. The van der Waals surface area contributed by atoms with Crippen molar-refractivity contribution in [2.75, 3.05) is 0 Å². The van der Waals surface area contributed by atoms with Crippen LogP contribution in [0.25, 0.3) is 5.52 Å². The molecule has 0 aliphatic rings. The average molecular weight is 235 g/mol. The number of esters is 1. The highest BCUT2D eigenvalue weighted by molar-refractivity contribution is 5.69. The molecule has 0 aromatic carbocycles. The number of fused-ring (bicyclic) bond motifs is 1. The molecule has 0 amide bonds. The van der Waals surface area contributed by atoms with Crippen LogP contribution in [0.2, 0.25) is 0 Å². The molecule has 2 aromatic heterocycles. The molecule has 0 saturated carbocycles. The second-order valence-corrected chi connectivity index (χ2v) is 3.93. The average Bonchev–Trinajstić information content (AvgIpc) is 2.69. The van der Waals surface area contributed by atoms with Crippen LogP contribution in [0.1, 0.15) is 13.8 Å². The zero-order valence-corrected chi connectivity index (χ0v) is 9.66. The van der Waals surface area contributed by atoms with Crippen LogP contribution in [0, 0.1) is 0 Å². The van der Waals surface area contributed by atoms with E-state index >= 15 is 0 Å². The second kappa shape index (κ2) is 4.40. The van der Waals surface area contributed by atoms with Crippen molar-refractivity contribution < 1.29 is 9.53 Å². The third-order valence-electron chi connectivity index (χ3n) is 2.20. The number of carbonyl (C=O) groups is 1. The van der Waals surface area contributed by atoms with Gasteiger partial charge in [-0.15, -0.1) is 0 Å². The van der Waals surface area contributed by atoms with Crippen LogP contribution >= 0.6 is 0 Å². The molecule has 17 heavy (non-hydrogen) atoms. The lowest BCUT2D eigenvalue weighted by atomic mass is 10.4. The van der Waals surface area contributed by atoms with Crippen LogP contribution in [0.3, 0.4) is 0 Å². The van der Waals surface area contributed by atoms with Gasteiger partial charge >= 0.3 is 5.97 Å². The molecule has 2 aromatic rings. The van der Waals surface area contributed by atoms with Gasteiger partial charge in [-0.25, -0.2) is 4.52 Å². The maximum Gasteiger partial charge on any atom is 0.326 e. The fourth-order valence-corrected chi connectivity index (χ4v) is 1.52. The van der Waals surface area contributed by atoms with E-state index in [1.807, 2.05) is 0 Å². The first-order valence-electron chi connectivity index (χ1n) is 5.30. The van der Waals surface area contributed by atoms with Gasteiger partial charge in [0.1, 0.15) is 12.1 Å². The van der Waals surface area contributed by atoms with Crippen LogP contribution in [0.5, 0.6) is 0 Å². The molecule has 0 radical (unpaired) electrons. The molecular weight excluding hydrogens is 222 g/mol. The standard InChI is InChI=1S/C11H13N3O3/c1-8(2)17-10(15)7-13-5-6-14-9(11(13)16)3-4-12-14/h3-6,8H,7H2,1-2H3. The highest BCUT2D eigenvalue weighted by Crippen LogP contribution is 1.96. The number of hydrogen-bond donors (Lipinski definition) is 0. The molecule has 6 heteroatoms. The van der Waals surface area contributed by atoms with Crippen LogP contribution in [0.15, 0.2) is 29.5 Å². The smallest absolute Gasteiger partial charge is 0.326 e. The van der Waals surface area contributed by atoms with Gasteiger partial charge in [0, 0.05) is 12.4 Å². The number of aromatic nitrogens is 3. The van der Waals surface area contributed by atoms with Gasteiger partial charge in [0.25, 0.3) is 5.56 Å². The first-order chi connectivity index (χ1) is 8.08. The van der Waals surface area contributed by atoms with Crippen LogP contribution in [-0.4, -0.2) is 26.3 Å². The molecule has 0 aliphatic carbocycles. The van der Waals surface area contributed by atoms with E-state index in [2.05, 4.69) is 5.10 Å². The Labute approximate surface area is 97.4 Å². The van der Waals surface area contributed by atoms with Gasteiger partial charge in [-0.2, -0.15) is 5.10 Å². The molecule has 6 nitrogen and oxygen atoms in total. The Morgan fingerprint density at radius 2 is 2.24 bits per heavy atom. The van der Waals surface area contributed by atoms with Crippen molar-refractivity contribution in [1.82, 2.24) is 14.2 Å². The quantitative estimate of drug-likeness (QED) is 0.724. The SMILES string of the molecule is CC(C)OC(=O)Cn1ccn2nccc2c1=O. The fraction of sp³-hybridized carbons (Fsp3) is 0.364. The monoisotopic (exact) mass is 235 g/mol. The Morgan fingerprint density at radius 3 is 2.94 bits per heavy atom. The number of hydrogen-bond acceptors (Lipinski definition) is 4. The summed E-state index contributed by atoms with van der Waals surface area (Å²) in [5.41, 5.74) is 0.176. The van der Waals surface area contributed by atoms with Crippen molar-refractivity contribution in [2.45, 2.75) is 26.5 Å². The maximum absolute atomic E-state index is 11.9. The van der Waals surface area contributed by atoms with Crippen LogP contribution in [-0.2, 0) is 16.1 Å². The first-order valence-corrected chi connectivity index (χ1v) is 5.30. The zero-order valence-electron chi connectivity index (χ0n) is 9.66. The topological polar surface area (TPSA) is 65.6 Å². The number of carbonyl (C=O) groups excluding carboxylic acids is 1. The molecule has 0 aliphatic heterocycles. The minimum absolute atomic E-state index is 0.0846. The van der Waals surface area contributed by atoms with Gasteiger partial charge in [0.05, 0.1) is 12.3 Å². The second-order valence-electron chi connectivity index (χ2n) is 3.93. The Kier molecular flexibility index (Phi) is 2.95. The molecule has 2 heterocycles. The molecule has 2 rings (SSSR count). The Balaban J connectivity index is 2.27. The van der Waals surface area contributed by atoms with E-state index in [1.165, 1.54) is 21.5 Å². The van der Waals surface area contributed by atoms with E-state index in [4.69, 9.17) is 4.74 Å². The van der Waals surface area contributed by atoms with E-state index in [1.54, 1.807) is 26.1 Å². The van der Waals surface area contributed by atoms with E-state index < -0.39 is 5.97 Å². The van der Waals surface area contributed by atoms with Crippen molar-refractivity contribution in [3.63, 3.8) is 0 Å². The van der Waals surface area contributed by atoms with E-state index in [0.717, 1.165) is 0 Å². The summed E-state index contributed by atoms with van der Waals surface area (Å²) in [6.45, 7) is 3.44. The molecule has 0 fully saturated rings. The highest BCUT2D eigenvalue weighted by atomic mass is 16.5. The predicted molar refractivity (Wildman–Crippen MR) is 60.7 cm³/mol. The summed E-state index contributed by atoms with van der Waals surface area (Å²) in [7, 11) is 0. The number of rotatable bonds is 3. The molecule has 0 bridgehead atoms. The third-order valence-corrected chi connectivity index (χ3v) is 2.20. The Hall–Kier alpha value is -2.11. The Bertz CT molecular complexity index is 597. The van der Waals surface area contributed by atoms with Gasteiger partial charge in [0.2, 0.25) is 0 Å². The molecule has 0 unspecified atom stereocenters. The highest BCUT2D eigenvalue weighted by Gasteiger charge is 2.09. The third kappa shape index (κ3) is 2.35. The van der Waals surface area contributed by atoms with Crippen molar-refractivity contribution in [3.05, 3.63) is 35.0 Å². The number of nitrogens with zero attached hydrogens (tertiary/aromatic N) is 3. The van der Waals surface area contributed by atoms with Gasteiger partial charge in [-0.1, -0.05) is 0 Å². The summed E-state index contributed by atoms with van der Waals surface area (Å²) >= 11 is 0. The van der Waals surface area contributed by atoms with Crippen LogP contribution in [0.4, 0.5) is 0 Å². The molecule has 90 valence electrons. The van der Waals surface area contributed by atoms with Crippen molar-refractivity contribution in [1.29, 1.82) is 0 Å². The van der Waals surface area contributed by atoms with E-state index in [9.17, 15) is 9.59 Å². The fourth-order valence-electron chi connectivity index (χ4n) is 1.52. The van der Waals surface area contributed by atoms with E-state index in [-0.39, 0.29) is 18.2 Å². The maximum atomic E-state index is 11.9. The lowest BCUT2D eigenvalue weighted by molar-refractivity contribution is -0.148. The Morgan fingerprint density at radius 1 is 1.47 bits per heavy atom. The molecule has 0 spiro atoms. The van der Waals surface area contributed by atoms with Gasteiger partial charge in [0.15, 0.2) is 0 Å². The summed E-state index contributed by atoms with van der Waals surface area (Å²) in [4.78, 5) is 23.4. The number of ether oxygens (including phenoxy) is 1. The summed E-state index contributed by atoms with van der Waals surface area (Å²) in [5, 5.41) is 3.94. The molecular formula is C11H13N3O3. The molecule has 0 atom stereocenters. The minimum Gasteiger partial charge on any atom is -0.462 e. The van der Waals surface area contributed by atoms with Gasteiger partial charge < -0.3 is 9.30 Å². The predicted octanol–water partition coefficient (Wildman–Crippen LogP) is 0.448. The minimum atomic E-state index is -0.425. The summed E-state index contributed by atoms with van der Waals surface area (Å²) in [5.74, 6) is -0.425.